The molecule has 3 N–H and O–H groups in total. The number of hydrogen-bond acceptors (Lipinski definition) is 11. The molecule has 1 aliphatic heterocycles. The summed E-state index contributed by atoms with van der Waals surface area (Å²) in [5.74, 6) is -2.99. The fourth-order valence-electron chi connectivity index (χ4n) is 7.11. The predicted octanol–water partition coefficient (Wildman–Crippen LogP) is 3.86. The van der Waals surface area contributed by atoms with Gasteiger partial charge in [0.05, 0.1) is 48.7 Å². The first-order valence-electron chi connectivity index (χ1n) is 15.6. The Kier molecular flexibility index (Phi) is 8.71. The van der Waals surface area contributed by atoms with E-state index >= 15 is 0 Å². The number of ether oxygens (including phenoxy) is 4. The smallest absolute Gasteiger partial charge is 0.202 e. The molecule has 0 radical (unpaired) electrons. The molecule has 1 fully saturated rings. The van der Waals surface area contributed by atoms with Gasteiger partial charge in [0.25, 0.3) is 0 Å². The van der Waals surface area contributed by atoms with Gasteiger partial charge in [0, 0.05) is 42.0 Å². The summed E-state index contributed by atoms with van der Waals surface area (Å²) in [6.45, 7) is 3.48. The summed E-state index contributed by atoms with van der Waals surface area (Å²) >= 11 is 0. The molecule has 11 heteroatoms. The van der Waals surface area contributed by atoms with Crippen molar-refractivity contribution in [3.05, 3.63) is 87.5 Å². The number of rotatable bonds is 8. The average molecular weight is 646 g/mol. The van der Waals surface area contributed by atoms with Crippen molar-refractivity contribution in [2.24, 2.45) is 0 Å². The molecule has 6 atom stereocenters. The van der Waals surface area contributed by atoms with E-state index in [1.165, 1.54) is 26.2 Å². The molecule has 11 nitrogen and oxygen atoms in total. The van der Waals surface area contributed by atoms with Crippen LogP contribution in [-0.2, 0) is 32.0 Å². The first kappa shape index (κ1) is 32.8. The number of aliphatic hydroxyl groups is 1. The lowest BCUT2D eigenvalue weighted by atomic mass is 9.72. The highest BCUT2D eigenvalue weighted by Gasteiger charge is 2.50. The molecule has 3 aliphatic rings. The number of carbonyl (C=O) groups is 3. The van der Waals surface area contributed by atoms with E-state index < -0.39 is 64.9 Å². The average Bonchev–Trinajstić information content (AvgIpc) is 3.04. The van der Waals surface area contributed by atoms with Crippen molar-refractivity contribution >= 4 is 17.3 Å². The number of aromatic hydroxyl groups is 2. The van der Waals surface area contributed by atoms with Crippen LogP contribution in [0.25, 0.3) is 0 Å². The van der Waals surface area contributed by atoms with Crippen LogP contribution in [0.4, 0.5) is 0 Å². The van der Waals surface area contributed by atoms with Crippen LogP contribution in [0.2, 0.25) is 0 Å². The van der Waals surface area contributed by atoms with E-state index in [9.17, 15) is 29.7 Å². The van der Waals surface area contributed by atoms with Gasteiger partial charge >= 0.3 is 0 Å². The molecule has 0 unspecified atom stereocenters. The Balaban J connectivity index is 1.37. The highest BCUT2D eigenvalue weighted by Crippen LogP contribution is 2.52. The van der Waals surface area contributed by atoms with Gasteiger partial charge in [-0.2, -0.15) is 0 Å². The summed E-state index contributed by atoms with van der Waals surface area (Å²) in [7, 11) is 5.21. The van der Waals surface area contributed by atoms with Crippen LogP contribution in [0.15, 0.2) is 48.5 Å². The third-order valence-corrected chi connectivity index (χ3v) is 9.64. The van der Waals surface area contributed by atoms with Crippen molar-refractivity contribution < 1.29 is 48.7 Å². The Morgan fingerprint density at radius 3 is 2.36 bits per heavy atom. The van der Waals surface area contributed by atoms with E-state index in [1.54, 1.807) is 6.07 Å². The second-order valence-electron chi connectivity index (χ2n) is 12.8. The van der Waals surface area contributed by atoms with E-state index in [0.717, 1.165) is 5.56 Å². The zero-order chi connectivity index (χ0) is 33.8. The molecule has 0 spiro atoms. The maximum atomic E-state index is 13.9. The SMILES string of the molecule is COc1cccc2c1C(=O)c1c(O)c3c(c(O)c1C2=O)C[C@@](O)(C(C)=O)C[C@@H]3O[C@H]1C[C@H](N(C)C)[C@H](OCc2ccccc2)[C@H](C)O1. The Labute approximate surface area is 272 Å². The number of phenols is 2. The van der Waals surface area contributed by atoms with E-state index in [1.807, 2.05) is 56.3 Å². The summed E-state index contributed by atoms with van der Waals surface area (Å²) in [6.07, 6.45) is -3.16. The third kappa shape index (κ3) is 5.62. The Hall–Kier alpha value is -4.13. The number of Topliss-reactive ketones (excluding diaryl/α,β-unsaturated/α-hetero) is 1. The molecule has 3 aromatic carbocycles. The van der Waals surface area contributed by atoms with Gasteiger partial charge in [0.2, 0.25) is 5.78 Å². The van der Waals surface area contributed by atoms with Crippen molar-refractivity contribution in [2.45, 2.75) is 76.0 Å². The second-order valence-corrected chi connectivity index (χ2v) is 12.8. The molecule has 6 rings (SSSR count). The third-order valence-electron chi connectivity index (χ3n) is 9.64. The minimum Gasteiger partial charge on any atom is -0.507 e. The van der Waals surface area contributed by atoms with Crippen molar-refractivity contribution in [2.75, 3.05) is 21.2 Å². The van der Waals surface area contributed by atoms with Crippen LogP contribution in [-0.4, -0.2) is 88.9 Å². The number of ketones is 3. The summed E-state index contributed by atoms with van der Waals surface area (Å²) in [5, 5.41) is 34.9. The topological polar surface area (TPSA) is 152 Å². The molecule has 1 saturated heterocycles. The van der Waals surface area contributed by atoms with Gasteiger partial charge < -0.3 is 39.2 Å². The predicted molar refractivity (Wildman–Crippen MR) is 169 cm³/mol. The van der Waals surface area contributed by atoms with Gasteiger partial charge in [-0.3, -0.25) is 14.4 Å². The maximum absolute atomic E-state index is 13.9. The van der Waals surface area contributed by atoms with Crippen LogP contribution in [0, 0.1) is 0 Å². The zero-order valence-electron chi connectivity index (χ0n) is 27.0. The first-order valence-corrected chi connectivity index (χ1v) is 15.6. The highest BCUT2D eigenvalue weighted by atomic mass is 16.7. The van der Waals surface area contributed by atoms with Gasteiger partial charge in [-0.05, 0) is 39.6 Å². The molecule has 3 aromatic rings. The number of methoxy groups -OCH3 is 1. The fraction of sp³-hybridized carbons (Fsp3) is 0.417. The number of benzene rings is 3. The van der Waals surface area contributed by atoms with Crippen LogP contribution >= 0.6 is 0 Å². The molecule has 248 valence electrons. The monoisotopic (exact) mass is 645 g/mol. The number of phenolic OH excluding ortho intramolecular Hbond substituents is 2. The molecule has 0 bridgehead atoms. The second kappa shape index (κ2) is 12.5. The Morgan fingerprint density at radius 1 is 1.00 bits per heavy atom. The van der Waals surface area contributed by atoms with Crippen molar-refractivity contribution in [1.82, 2.24) is 4.90 Å². The molecular formula is C36H39NO10. The molecule has 2 aliphatic carbocycles. The number of carbonyl (C=O) groups excluding carboxylic acids is 3. The minimum absolute atomic E-state index is 0.00490. The summed E-state index contributed by atoms with van der Waals surface area (Å²) in [6, 6.07) is 14.1. The van der Waals surface area contributed by atoms with Gasteiger partial charge in [0.1, 0.15) is 22.8 Å². The molecule has 47 heavy (non-hydrogen) atoms. The van der Waals surface area contributed by atoms with E-state index in [2.05, 4.69) is 0 Å². The van der Waals surface area contributed by atoms with E-state index in [4.69, 9.17) is 18.9 Å². The van der Waals surface area contributed by atoms with Crippen LogP contribution < -0.4 is 4.74 Å². The standard InChI is InChI=1S/C36H39NO10/c1-18-35(45-17-20-10-7-6-8-11-20)23(37(3)4)14-26(46-18)47-25-16-36(43,19(2)38)15-22-28(25)34(42)30-29(32(22)40)31(39)21-12-9-13-24(44-5)27(21)33(30)41/h6-13,18,23,25-26,35,40,42-43H,14-17H2,1-5H3/t18-,23-,25-,26-,35+,36-/m0/s1. The quantitative estimate of drug-likeness (QED) is 0.240. The Morgan fingerprint density at radius 2 is 1.70 bits per heavy atom. The molecular weight excluding hydrogens is 606 g/mol. The van der Waals surface area contributed by atoms with Crippen molar-refractivity contribution in [1.29, 1.82) is 0 Å². The first-order chi connectivity index (χ1) is 22.4. The van der Waals surface area contributed by atoms with Crippen molar-refractivity contribution in [3.63, 3.8) is 0 Å². The van der Waals surface area contributed by atoms with E-state index in [0.29, 0.717) is 13.0 Å². The molecule has 1 heterocycles. The zero-order valence-corrected chi connectivity index (χ0v) is 27.0. The number of fused-ring (bicyclic) bond motifs is 3. The van der Waals surface area contributed by atoms with Gasteiger partial charge in [-0.25, -0.2) is 0 Å². The molecule has 0 aromatic heterocycles. The van der Waals surface area contributed by atoms with E-state index in [-0.39, 0.29) is 52.1 Å². The Bertz CT molecular complexity index is 1740. The molecule has 0 saturated carbocycles. The summed E-state index contributed by atoms with van der Waals surface area (Å²) in [4.78, 5) is 42.4. The van der Waals surface area contributed by atoms with Gasteiger partial charge in [0.15, 0.2) is 17.9 Å². The van der Waals surface area contributed by atoms with Crippen LogP contribution in [0.5, 0.6) is 17.2 Å². The lowest BCUT2D eigenvalue weighted by molar-refractivity contribution is -0.264. The lowest BCUT2D eigenvalue weighted by Crippen LogP contribution is -2.55. The van der Waals surface area contributed by atoms with Crippen LogP contribution in [0.3, 0.4) is 0 Å². The summed E-state index contributed by atoms with van der Waals surface area (Å²) in [5.41, 5.74) is -1.80. The van der Waals surface area contributed by atoms with Crippen molar-refractivity contribution in [3.8, 4) is 17.2 Å². The number of likely N-dealkylation sites (N-methyl/N-ethyl adjacent to an activating group) is 1. The van der Waals surface area contributed by atoms with Crippen LogP contribution in [0.1, 0.15) is 81.3 Å². The lowest BCUT2D eigenvalue weighted by Gasteiger charge is -2.45. The van der Waals surface area contributed by atoms with Gasteiger partial charge in [-0.1, -0.05) is 42.5 Å². The molecule has 0 amide bonds. The fourth-order valence-corrected chi connectivity index (χ4v) is 7.11. The highest BCUT2D eigenvalue weighted by molar-refractivity contribution is 6.31. The normalized spacial score (nSPS) is 26.8. The van der Waals surface area contributed by atoms with Gasteiger partial charge in [-0.15, -0.1) is 0 Å². The summed E-state index contributed by atoms with van der Waals surface area (Å²) < 4.78 is 24.4. The largest absolute Gasteiger partial charge is 0.507 e. The maximum Gasteiger partial charge on any atom is 0.202 e. The number of hydrogen-bond donors (Lipinski definition) is 3. The number of nitrogens with zero attached hydrogens (tertiary/aromatic N) is 1. The minimum atomic E-state index is -1.98.